The van der Waals surface area contributed by atoms with Crippen LogP contribution in [0.1, 0.15) is 35.2 Å². The van der Waals surface area contributed by atoms with Crippen LogP contribution in [0.4, 0.5) is 5.82 Å². The van der Waals surface area contributed by atoms with Gasteiger partial charge in [0.2, 0.25) is 0 Å². The molecule has 2 heterocycles. The standard InChI is InChI=1S/C13H18N6/c1-19-13(14)10(7-17-19)12(18-15)9-5-4-8-3-2-6-16-11(8)9/h2-3,6-7,9,12,18H,4-5,14-15H2,1H3. The van der Waals surface area contributed by atoms with Gasteiger partial charge in [0, 0.05) is 30.4 Å². The lowest BCUT2D eigenvalue weighted by Gasteiger charge is -2.22. The van der Waals surface area contributed by atoms with Gasteiger partial charge in [0.15, 0.2) is 0 Å². The topological polar surface area (TPSA) is 94.8 Å². The summed E-state index contributed by atoms with van der Waals surface area (Å²) in [5.41, 5.74) is 12.3. The van der Waals surface area contributed by atoms with Crippen molar-refractivity contribution in [1.29, 1.82) is 0 Å². The van der Waals surface area contributed by atoms with E-state index in [-0.39, 0.29) is 12.0 Å². The molecule has 0 saturated heterocycles. The van der Waals surface area contributed by atoms with Crippen LogP contribution in [0.15, 0.2) is 24.5 Å². The van der Waals surface area contributed by atoms with Gasteiger partial charge in [0.25, 0.3) is 0 Å². The number of anilines is 1. The van der Waals surface area contributed by atoms with Gasteiger partial charge in [-0.3, -0.25) is 20.9 Å². The van der Waals surface area contributed by atoms with Crippen LogP contribution in [0.5, 0.6) is 0 Å². The van der Waals surface area contributed by atoms with Gasteiger partial charge in [-0.15, -0.1) is 0 Å². The number of fused-ring (bicyclic) bond motifs is 1. The minimum Gasteiger partial charge on any atom is -0.384 e. The van der Waals surface area contributed by atoms with E-state index in [1.165, 1.54) is 5.56 Å². The van der Waals surface area contributed by atoms with Crippen molar-refractivity contribution in [3.8, 4) is 0 Å². The van der Waals surface area contributed by atoms with E-state index in [1.54, 1.807) is 10.9 Å². The first kappa shape index (κ1) is 12.1. The smallest absolute Gasteiger partial charge is 0.126 e. The molecule has 6 nitrogen and oxygen atoms in total. The highest BCUT2D eigenvalue weighted by molar-refractivity contribution is 5.44. The SMILES string of the molecule is Cn1ncc(C(NN)C2CCc3cccnc32)c1N. The van der Waals surface area contributed by atoms with Crippen molar-refractivity contribution in [2.75, 3.05) is 5.73 Å². The molecular weight excluding hydrogens is 240 g/mol. The molecule has 2 unspecified atom stereocenters. The summed E-state index contributed by atoms with van der Waals surface area (Å²) in [5.74, 6) is 6.64. The number of hydrazine groups is 1. The fraction of sp³-hybridized carbons (Fsp3) is 0.385. The van der Waals surface area contributed by atoms with Crippen molar-refractivity contribution < 1.29 is 0 Å². The summed E-state index contributed by atoms with van der Waals surface area (Å²) in [4.78, 5) is 4.51. The highest BCUT2D eigenvalue weighted by atomic mass is 15.3. The van der Waals surface area contributed by atoms with E-state index in [4.69, 9.17) is 11.6 Å². The van der Waals surface area contributed by atoms with Gasteiger partial charge in [0.1, 0.15) is 5.82 Å². The molecular formula is C13H18N6. The monoisotopic (exact) mass is 258 g/mol. The first-order valence-corrected chi connectivity index (χ1v) is 6.39. The van der Waals surface area contributed by atoms with Crippen LogP contribution in [0.25, 0.3) is 0 Å². The second-order valence-corrected chi connectivity index (χ2v) is 4.95. The molecule has 0 radical (unpaired) electrons. The second-order valence-electron chi connectivity index (χ2n) is 4.95. The molecule has 5 N–H and O–H groups in total. The van der Waals surface area contributed by atoms with Crippen molar-refractivity contribution in [1.82, 2.24) is 20.2 Å². The minimum atomic E-state index is -0.0511. The van der Waals surface area contributed by atoms with Gasteiger partial charge in [0.05, 0.1) is 12.2 Å². The van der Waals surface area contributed by atoms with Crippen LogP contribution in [-0.4, -0.2) is 14.8 Å². The Hall–Kier alpha value is -1.92. The molecule has 100 valence electrons. The van der Waals surface area contributed by atoms with Crippen molar-refractivity contribution in [3.05, 3.63) is 41.3 Å². The van der Waals surface area contributed by atoms with E-state index in [1.807, 2.05) is 19.3 Å². The van der Waals surface area contributed by atoms with Gasteiger partial charge < -0.3 is 5.73 Å². The quantitative estimate of drug-likeness (QED) is 0.554. The Morgan fingerprint density at radius 3 is 3.05 bits per heavy atom. The second kappa shape index (κ2) is 4.64. The molecule has 2 aromatic heterocycles. The number of pyridine rings is 1. The number of aromatic nitrogens is 3. The average Bonchev–Trinajstić information content (AvgIpc) is 2.99. The number of rotatable bonds is 3. The molecule has 0 bridgehead atoms. The minimum absolute atomic E-state index is 0.0511. The van der Waals surface area contributed by atoms with Gasteiger partial charge in [-0.2, -0.15) is 5.10 Å². The molecule has 0 aromatic carbocycles. The van der Waals surface area contributed by atoms with Crippen LogP contribution >= 0.6 is 0 Å². The highest BCUT2D eigenvalue weighted by Crippen LogP contribution is 2.41. The number of nitrogen functional groups attached to an aromatic ring is 1. The zero-order chi connectivity index (χ0) is 13.4. The number of hydrogen-bond acceptors (Lipinski definition) is 5. The first-order valence-electron chi connectivity index (χ1n) is 6.39. The van der Waals surface area contributed by atoms with Gasteiger partial charge in [-0.25, -0.2) is 0 Å². The molecule has 0 fully saturated rings. The highest BCUT2D eigenvalue weighted by Gasteiger charge is 2.33. The lowest BCUT2D eigenvalue weighted by atomic mass is 9.92. The Labute approximate surface area is 111 Å². The summed E-state index contributed by atoms with van der Waals surface area (Å²) in [5, 5.41) is 4.19. The van der Waals surface area contributed by atoms with E-state index >= 15 is 0 Å². The number of hydrogen-bond donors (Lipinski definition) is 3. The Balaban J connectivity index is 1.99. The lowest BCUT2D eigenvalue weighted by molar-refractivity contribution is 0.448. The molecule has 0 saturated carbocycles. The molecule has 0 amide bonds. The Morgan fingerprint density at radius 1 is 1.53 bits per heavy atom. The Bertz CT molecular complexity index is 591. The fourth-order valence-electron chi connectivity index (χ4n) is 2.89. The van der Waals surface area contributed by atoms with E-state index in [0.29, 0.717) is 5.82 Å². The van der Waals surface area contributed by atoms with E-state index in [2.05, 4.69) is 21.6 Å². The predicted molar refractivity (Wildman–Crippen MR) is 73.0 cm³/mol. The molecule has 1 aliphatic carbocycles. The summed E-state index contributed by atoms with van der Waals surface area (Å²) < 4.78 is 1.66. The molecule has 2 aromatic rings. The van der Waals surface area contributed by atoms with Crippen LogP contribution in [0, 0.1) is 0 Å². The normalized spacial score (nSPS) is 19.4. The summed E-state index contributed by atoms with van der Waals surface area (Å²) in [6, 6.07) is 4.05. The molecule has 0 aliphatic heterocycles. The first-order chi connectivity index (χ1) is 9.22. The fourth-order valence-corrected chi connectivity index (χ4v) is 2.89. The average molecular weight is 258 g/mol. The number of aryl methyl sites for hydroxylation is 2. The predicted octanol–water partition coefficient (Wildman–Crippen LogP) is 0.632. The summed E-state index contributed by atoms with van der Waals surface area (Å²) in [6.45, 7) is 0. The van der Waals surface area contributed by atoms with Crippen LogP contribution in [-0.2, 0) is 13.5 Å². The van der Waals surface area contributed by atoms with E-state index < -0.39 is 0 Å². The summed E-state index contributed by atoms with van der Waals surface area (Å²) in [7, 11) is 1.83. The summed E-state index contributed by atoms with van der Waals surface area (Å²) in [6.07, 6.45) is 5.67. The van der Waals surface area contributed by atoms with Crippen LogP contribution in [0.2, 0.25) is 0 Å². The Kier molecular flexibility index (Phi) is 2.96. The molecule has 3 rings (SSSR count). The van der Waals surface area contributed by atoms with Crippen molar-refractivity contribution in [3.63, 3.8) is 0 Å². The van der Waals surface area contributed by atoms with Crippen molar-refractivity contribution in [2.45, 2.75) is 24.8 Å². The van der Waals surface area contributed by atoms with Crippen molar-refractivity contribution >= 4 is 5.82 Å². The largest absolute Gasteiger partial charge is 0.384 e. The zero-order valence-corrected chi connectivity index (χ0v) is 10.9. The van der Waals surface area contributed by atoms with Crippen molar-refractivity contribution in [2.24, 2.45) is 12.9 Å². The van der Waals surface area contributed by atoms with Crippen LogP contribution in [0.3, 0.4) is 0 Å². The maximum atomic E-state index is 6.05. The molecule has 2 atom stereocenters. The molecule has 6 heteroatoms. The third kappa shape index (κ3) is 1.89. The number of nitrogens with one attached hydrogen (secondary N) is 1. The van der Waals surface area contributed by atoms with Gasteiger partial charge >= 0.3 is 0 Å². The third-order valence-electron chi connectivity index (χ3n) is 3.93. The maximum Gasteiger partial charge on any atom is 0.126 e. The van der Waals surface area contributed by atoms with E-state index in [9.17, 15) is 0 Å². The van der Waals surface area contributed by atoms with Gasteiger partial charge in [-0.05, 0) is 24.5 Å². The molecule has 19 heavy (non-hydrogen) atoms. The number of nitrogens with two attached hydrogens (primary N) is 2. The maximum absolute atomic E-state index is 6.05. The van der Waals surface area contributed by atoms with Gasteiger partial charge in [-0.1, -0.05) is 6.07 Å². The van der Waals surface area contributed by atoms with E-state index in [0.717, 1.165) is 24.1 Å². The summed E-state index contributed by atoms with van der Waals surface area (Å²) >= 11 is 0. The third-order valence-corrected chi connectivity index (χ3v) is 3.93. The lowest BCUT2D eigenvalue weighted by Crippen LogP contribution is -2.32. The zero-order valence-electron chi connectivity index (χ0n) is 10.9. The van der Waals surface area contributed by atoms with Crippen LogP contribution < -0.4 is 17.0 Å². The Morgan fingerprint density at radius 2 is 2.37 bits per heavy atom. The molecule has 0 spiro atoms. The number of nitrogens with zero attached hydrogens (tertiary/aromatic N) is 3. The molecule has 1 aliphatic rings.